The molecule has 3 nitrogen and oxygen atoms in total. The summed E-state index contributed by atoms with van der Waals surface area (Å²) in [7, 11) is 0. The molecule has 1 saturated carbocycles. The molecule has 0 bridgehead atoms. The average Bonchev–Trinajstić information content (AvgIpc) is 2.57. The summed E-state index contributed by atoms with van der Waals surface area (Å²) in [6.07, 6.45) is 1.89. The molecule has 0 aliphatic heterocycles. The SMILES string of the molecule is CCCC(CN)C(=O)NC1C(C)(C)C1(C)C. The lowest BCUT2D eigenvalue weighted by molar-refractivity contribution is -0.125. The van der Waals surface area contributed by atoms with Crippen molar-refractivity contribution in [1.29, 1.82) is 0 Å². The number of nitrogens with two attached hydrogens (primary N) is 1. The first-order valence-electron chi connectivity index (χ1n) is 6.29. The van der Waals surface area contributed by atoms with Crippen LogP contribution in [0.1, 0.15) is 47.5 Å². The van der Waals surface area contributed by atoms with Crippen molar-refractivity contribution in [1.82, 2.24) is 5.32 Å². The fraction of sp³-hybridized carbons (Fsp3) is 0.923. The number of carbonyl (C=O) groups is 1. The van der Waals surface area contributed by atoms with Gasteiger partial charge in [0.15, 0.2) is 0 Å². The predicted molar refractivity (Wildman–Crippen MR) is 66.9 cm³/mol. The van der Waals surface area contributed by atoms with Crippen molar-refractivity contribution in [2.75, 3.05) is 6.54 Å². The molecule has 1 atom stereocenters. The molecule has 0 radical (unpaired) electrons. The van der Waals surface area contributed by atoms with Crippen LogP contribution >= 0.6 is 0 Å². The molecule has 1 amide bonds. The van der Waals surface area contributed by atoms with E-state index >= 15 is 0 Å². The predicted octanol–water partition coefficient (Wildman–Crippen LogP) is 1.91. The second-order valence-electron chi connectivity index (χ2n) is 6.11. The summed E-state index contributed by atoms with van der Waals surface area (Å²) < 4.78 is 0. The summed E-state index contributed by atoms with van der Waals surface area (Å²) in [6, 6.07) is 0.290. The Morgan fingerprint density at radius 1 is 1.31 bits per heavy atom. The smallest absolute Gasteiger partial charge is 0.224 e. The van der Waals surface area contributed by atoms with Crippen molar-refractivity contribution in [3.8, 4) is 0 Å². The third-order valence-electron chi connectivity index (χ3n) is 4.60. The summed E-state index contributed by atoms with van der Waals surface area (Å²) in [4.78, 5) is 12.0. The minimum atomic E-state index is -0.0165. The zero-order chi connectivity index (χ0) is 12.6. The Bertz CT molecular complexity index is 257. The van der Waals surface area contributed by atoms with Crippen LogP contribution in [0.25, 0.3) is 0 Å². The first-order valence-corrected chi connectivity index (χ1v) is 6.29. The Morgan fingerprint density at radius 2 is 1.81 bits per heavy atom. The molecule has 0 heterocycles. The van der Waals surface area contributed by atoms with Gasteiger partial charge < -0.3 is 11.1 Å². The van der Waals surface area contributed by atoms with E-state index in [1.54, 1.807) is 0 Å². The molecular weight excluding hydrogens is 200 g/mol. The molecule has 0 aromatic heterocycles. The van der Waals surface area contributed by atoms with Crippen LogP contribution in [0.4, 0.5) is 0 Å². The molecule has 16 heavy (non-hydrogen) atoms. The van der Waals surface area contributed by atoms with Crippen LogP contribution in [0.3, 0.4) is 0 Å². The van der Waals surface area contributed by atoms with E-state index in [2.05, 4.69) is 39.9 Å². The van der Waals surface area contributed by atoms with Gasteiger partial charge in [0.25, 0.3) is 0 Å². The largest absolute Gasteiger partial charge is 0.352 e. The first kappa shape index (κ1) is 13.5. The third kappa shape index (κ3) is 2.10. The van der Waals surface area contributed by atoms with Crippen molar-refractivity contribution >= 4 is 5.91 Å². The Labute approximate surface area is 99.2 Å². The second-order valence-corrected chi connectivity index (χ2v) is 6.11. The van der Waals surface area contributed by atoms with Crippen LogP contribution in [0.15, 0.2) is 0 Å². The average molecular weight is 226 g/mol. The van der Waals surface area contributed by atoms with Crippen LogP contribution in [-0.2, 0) is 4.79 Å². The molecular formula is C13H26N2O. The van der Waals surface area contributed by atoms with Gasteiger partial charge in [-0.3, -0.25) is 4.79 Å². The summed E-state index contributed by atoms with van der Waals surface area (Å²) in [5.74, 6) is 0.116. The van der Waals surface area contributed by atoms with E-state index in [4.69, 9.17) is 5.73 Å². The standard InChI is InChI=1S/C13H26N2O/c1-6-7-9(8-14)10(16)15-11-12(2,3)13(11,4)5/h9,11H,6-8,14H2,1-5H3,(H,15,16). The summed E-state index contributed by atoms with van der Waals surface area (Å²) in [6.45, 7) is 11.4. The van der Waals surface area contributed by atoms with Crippen molar-refractivity contribution in [2.45, 2.75) is 53.5 Å². The van der Waals surface area contributed by atoms with Crippen molar-refractivity contribution in [3.05, 3.63) is 0 Å². The molecule has 0 aromatic carbocycles. The summed E-state index contributed by atoms with van der Waals surface area (Å²) in [5.41, 5.74) is 6.04. The van der Waals surface area contributed by atoms with Crippen LogP contribution in [0, 0.1) is 16.7 Å². The zero-order valence-corrected chi connectivity index (χ0v) is 11.3. The maximum absolute atomic E-state index is 12.0. The van der Waals surface area contributed by atoms with Crippen LogP contribution in [0.5, 0.6) is 0 Å². The molecule has 3 heteroatoms. The minimum Gasteiger partial charge on any atom is -0.352 e. The molecule has 1 aliphatic rings. The zero-order valence-electron chi connectivity index (χ0n) is 11.3. The number of carbonyl (C=O) groups excluding carboxylic acids is 1. The third-order valence-corrected chi connectivity index (χ3v) is 4.60. The highest BCUT2D eigenvalue weighted by Crippen LogP contribution is 2.62. The lowest BCUT2D eigenvalue weighted by Crippen LogP contribution is -2.38. The topological polar surface area (TPSA) is 55.1 Å². The normalized spacial score (nSPS) is 23.9. The van der Waals surface area contributed by atoms with E-state index in [1.165, 1.54) is 0 Å². The van der Waals surface area contributed by atoms with Crippen LogP contribution in [-0.4, -0.2) is 18.5 Å². The van der Waals surface area contributed by atoms with Crippen molar-refractivity contribution < 1.29 is 4.79 Å². The Hall–Kier alpha value is -0.570. The monoisotopic (exact) mass is 226 g/mol. The van der Waals surface area contributed by atoms with E-state index in [-0.39, 0.29) is 22.7 Å². The van der Waals surface area contributed by atoms with Gasteiger partial charge >= 0.3 is 0 Å². The number of amides is 1. The first-order chi connectivity index (χ1) is 7.29. The number of nitrogens with one attached hydrogen (secondary N) is 1. The van der Waals surface area contributed by atoms with E-state index in [1.807, 2.05) is 0 Å². The Kier molecular flexibility index (Phi) is 3.68. The van der Waals surface area contributed by atoms with Gasteiger partial charge in [-0.15, -0.1) is 0 Å². The highest BCUT2D eigenvalue weighted by molar-refractivity contribution is 5.80. The van der Waals surface area contributed by atoms with Gasteiger partial charge in [0.2, 0.25) is 5.91 Å². The van der Waals surface area contributed by atoms with Crippen LogP contribution in [0.2, 0.25) is 0 Å². The fourth-order valence-electron chi connectivity index (χ4n) is 2.52. The molecule has 3 N–H and O–H groups in total. The molecule has 0 saturated heterocycles. The van der Waals surface area contributed by atoms with E-state index in [0.717, 1.165) is 12.8 Å². The van der Waals surface area contributed by atoms with E-state index in [0.29, 0.717) is 12.6 Å². The fourth-order valence-corrected chi connectivity index (χ4v) is 2.52. The number of hydrogen-bond acceptors (Lipinski definition) is 2. The van der Waals surface area contributed by atoms with Crippen molar-refractivity contribution in [2.24, 2.45) is 22.5 Å². The minimum absolute atomic E-state index is 0.0165. The highest BCUT2D eigenvalue weighted by Gasteiger charge is 2.65. The van der Waals surface area contributed by atoms with Gasteiger partial charge in [0.1, 0.15) is 0 Å². The van der Waals surface area contributed by atoms with Crippen LogP contribution < -0.4 is 11.1 Å². The van der Waals surface area contributed by atoms with Gasteiger partial charge in [-0.25, -0.2) is 0 Å². The lowest BCUT2D eigenvalue weighted by Gasteiger charge is -2.15. The van der Waals surface area contributed by atoms with Gasteiger partial charge in [0.05, 0.1) is 5.92 Å². The number of hydrogen-bond donors (Lipinski definition) is 2. The molecule has 1 fully saturated rings. The molecule has 0 aromatic rings. The highest BCUT2D eigenvalue weighted by atomic mass is 16.2. The maximum Gasteiger partial charge on any atom is 0.224 e. The maximum atomic E-state index is 12.0. The summed E-state index contributed by atoms with van der Waals surface area (Å²) >= 11 is 0. The van der Waals surface area contributed by atoms with Crippen molar-refractivity contribution in [3.63, 3.8) is 0 Å². The molecule has 0 spiro atoms. The lowest BCUT2D eigenvalue weighted by atomic mass is 10.0. The Morgan fingerprint density at radius 3 is 2.12 bits per heavy atom. The van der Waals surface area contributed by atoms with Gasteiger partial charge in [0, 0.05) is 12.6 Å². The van der Waals surface area contributed by atoms with E-state index in [9.17, 15) is 4.79 Å². The van der Waals surface area contributed by atoms with Gasteiger partial charge in [-0.2, -0.15) is 0 Å². The Balaban J connectivity index is 2.53. The quantitative estimate of drug-likeness (QED) is 0.752. The molecule has 1 aliphatic carbocycles. The molecule has 94 valence electrons. The number of rotatable bonds is 5. The van der Waals surface area contributed by atoms with Gasteiger partial charge in [-0.1, -0.05) is 41.0 Å². The second kappa shape index (κ2) is 4.36. The van der Waals surface area contributed by atoms with E-state index < -0.39 is 0 Å². The molecule has 1 unspecified atom stereocenters. The summed E-state index contributed by atoms with van der Waals surface area (Å²) in [5, 5.41) is 3.15. The van der Waals surface area contributed by atoms with Gasteiger partial charge in [-0.05, 0) is 17.3 Å². The molecule has 1 rings (SSSR count).